The van der Waals surface area contributed by atoms with Crippen LogP contribution in [0.4, 0.5) is 4.11 Å². The van der Waals surface area contributed by atoms with Crippen molar-refractivity contribution < 1.29 is 4.11 Å². The van der Waals surface area contributed by atoms with Crippen molar-refractivity contribution in [3.8, 4) is 0 Å². The van der Waals surface area contributed by atoms with Crippen LogP contribution in [0.5, 0.6) is 0 Å². The Morgan fingerprint density at radius 3 is 2.00 bits per heavy atom. The van der Waals surface area contributed by atoms with Gasteiger partial charge in [-0.3, -0.25) is 0 Å². The van der Waals surface area contributed by atoms with E-state index in [0.717, 1.165) is 12.8 Å². The van der Waals surface area contributed by atoms with Crippen molar-refractivity contribution in [1.82, 2.24) is 0 Å². The number of hydrogen-bond donors (Lipinski definition) is 0. The Morgan fingerprint density at radius 1 is 1.44 bits per heavy atom. The zero-order chi connectivity index (χ0) is 7.49. The van der Waals surface area contributed by atoms with E-state index in [4.69, 9.17) is 0 Å². The molecule has 0 aliphatic rings. The van der Waals surface area contributed by atoms with Gasteiger partial charge < -0.3 is 4.11 Å². The van der Waals surface area contributed by atoms with Gasteiger partial charge in [-0.1, -0.05) is 26.7 Å². The van der Waals surface area contributed by atoms with Gasteiger partial charge in [-0.05, 0) is 18.6 Å². The van der Waals surface area contributed by atoms with Crippen molar-refractivity contribution in [3.05, 3.63) is 0 Å². The van der Waals surface area contributed by atoms with E-state index in [2.05, 4.69) is 6.92 Å². The molecule has 0 saturated carbocycles. The Bertz CT molecular complexity index is 75.5. The molecule has 2 heteroatoms. The molecule has 1 atom stereocenters. The summed E-state index contributed by atoms with van der Waals surface area (Å²) in [5.74, 6) is 0. The summed E-state index contributed by atoms with van der Waals surface area (Å²) in [6.07, 6.45) is 2.16. The first-order valence-electron chi connectivity index (χ1n) is 3.67. The highest BCUT2D eigenvalue weighted by molar-refractivity contribution is 6.71. The summed E-state index contributed by atoms with van der Waals surface area (Å²) in [6, 6.07) is 0. The van der Waals surface area contributed by atoms with Crippen LogP contribution in [0.1, 0.15) is 26.7 Å². The summed E-state index contributed by atoms with van der Waals surface area (Å²) in [5, 5.41) is 0. The summed E-state index contributed by atoms with van der Waals surface area (Å²) < 4.78 is 13.1. The highest BCUT2D eigenvalue weighted by atomic mass is 28.4. The zero-order valence-corrected chi connectivity index (χ0v) is 7.87. The number of rotatable bonds is 3. The summed E-state index contributed by atoms with van der Waals surface area (Å²) in [5.41, 5.74) is 0.336. The van der Waals surface area contributed by atoms with Gasteiger partial charge in [0.2, 0.25) is 8.41 Å². The molecule has 0 spiro atoms. The average molecular weight is 148 g/mol. The fraction of sp³-hybridized carbons (Fsp3) is 1.00. The van der Waals surface area contributed by atoms with Crippen LogP contribution in [0, 0.1) is 0 Å². The van der Waals surface area contributed by atoms with Crippen LogP contribution >= 0.6 is 0 Å². The lowest BCUT2D eigenvalue weighted by atomic mass is 10.3. The zero-order valence-electron chi connectivity index (χ0n) is 6.87. The maximum atomic E-state index is 13.1. The molecule has 0 aromatic carbocycles. The van der Waals surface area contributed by atoms with Crippen molar-refractivity contribution in [2.45, 2.75) is 45.3 Å². The molecule has 0 heterocycles. The molecule has 0 amide bonds. The highest BCUT2D eigenvalue weighted by Crippen LogP contribution is 2.26. The second-order valence-electron chi connectivity index (χ2n) is 3.25. The van der Waals surface area contributed by atoms with Gasteiger partial charge in [0.15, 0.2) is 0 Å². The van der Waals surface area contributed by atoms with E-state index in [1.54, 1.807) is 13.1 Å². The van der Waals surface area contributed by atoms with Gasteiger partial charge in [-0.15, -0.1) is 0 Å². The van der Waals surface area contributed by atoms with Gasteiger partial charge in [0.25, 0.3) is 0 Å². The van der Waals surface area contributed by atoms with Crippen molar-refractivity contribution >= 4 is 8.41 Å². The van der Waals surface area contributed by atoms with Crippen molar-refractivity contribution in [3.63, 3.8) is 0 Å². The van der Waals surface area contributed by atoms with E-state index in [1.165, 1.54) is 0 Å². The Labute approximate surface area is 58.6 Å². The van der Waals surface area contributed by atoms with Crippen LogP contribution in [0.3, 0.4) is 0 Å². The fourth-order valence-electron chi connectivity index (χ4n) is 0.776. The maximum absolute atomic E-state index is 13.1. The van der Waals surface area contributed by atoms with Gasteiger partial charge in [-0.2, -0.15) is 0 Å². The van der Waals surface area contributed by atoms with Gasteiger partial charge in [0, 0.05) is 0 Å². The quantitative estimate of drug-likeness (QED) is 0.425. The second kappa shape index (κ2) is 3.35. The van der Waals surface area contributed by atoms with Crippen LogP contribution in [-0.4, -0.2) is 8.41 Å². The van der Waals surface area contributed by atoms with E-state index in [1.807, 2.05) is 6.92 Å². The van der Waals surface area contributed by atoms with E-state index in [-0.39, 0.29) is 0 Å². The van der Waals surface area contributed by atoms with E-state index < -0.39 is 8.41 Å². The van der Waals surface area contributed by atoms with E-state index >= 15 is 0 Å². The summed E-state index contributed by atoms with van der Waals surface area (Å²) in [6.45, 7) is 7.70. The van der Waals surface area contributed by atoms with Crippen LogP contribution in [0.2, 0.25) is 18.6 Å². The first-order chi connectivity index (χ1) is 3.98. The Kier molecular flexibility index (Phi) is 3.40. The Balaban J connectivity index is 3.59. The molecule has 0 bridgehead atoms. The van der Waals surface area contributed by atoms with Crippen molar-refractivity contribution in [2.75, 3.05) is 0 Å². The highest BCUT2D eigenvalue weighted by Gasteiger charge is 2.27. The topological polar surface area (TPSA) is 0 Å². The molecule has 0 aromatic rings. The minimum absolute atomic E-state index is 0.336. The SMILES string of the molecule is CCCC(C)[Si](C)(C)F. The molecule has 9 heavy (non-hydrogen) atoms. The fourth-order valence-corrected chi connectivity index (χ4v) is 1.75. The largest absolute Gasteiger partial charge is 0.314 e. The summed E-state index contributed by atoms with van der Waals surface area (Å²) in [7, 11) is -2.28. The Morgan fingerprint density at radius 2 is 1.89 bits per heavy atom. The third kappa shape index (κ3) is 3.68. The van der Waals surface area contributed by atoms with Gasteiger partial charge in [0.05, 0.1) is 0 Å². The minimum atomic E-state index is -2.28. The van der Waals surface area contributed by atoms with Crippen LogP contribution in [-0.2, 0) is 0 Å². The Hall–Kier alpha value is 0.147. The molecule has 0 N–H and O–H groups in total. The lowest BCUT2D eigenvalue weighted by Crippen LogP contribution is -2.24. The monoisotopic (exact) mass is 148 g/mol. The van der Waals surface area contributed by atoms with Gasteiger partial charge >= 0.3 is 0 Å². The molecule has 0 nitrogen and oxygen atoms in total. The maximum Gasteiger partial charge on any atom is 0.243 e. The second-order valence-corrected chi connectivity index (χ2v) is 7.37. The molecule has 0 fully saturated rings. The third-order valence-corrected chi connectivity index (χ3v) is 4.53. The molecule has 56 valence electrons. The molecule has 0 rings (SSSR count). The van der Waals surface area contributed by atoms with E-state index in [0.29, 0.717) is 5.54 Å². The molecule has 0 saturated heterocycles. The summed E-state index contributed by atoms with van der Waals surface area (Å²) in [4.78, 5) is 0. The first kappa shape index (κ1) is 9.15. The molecule has 1 unspecified atom stereocenters. The minimum Gasteiger partial charge on any atom is -0.314 e. The predicted octanol–water partition coefficient (Wildman–Crippen LogP) is 3.35. The van der Waals surface area contributed by atoms with Gasteiger partial charge in [-0.25, -0.2) is 0 Å². The molecular weight excluding hydrogens is 131 g/mol. The smallest absolute Gasteiger partial charge is 0.243 e. The lowest BCUT2D eigenvalue weighted by Gasteiger charge is -2.18. The lowest BCUT2D eigenvalue weighted by molar-refractivity contribution is 0.667. The standard InChI is InChI=1S/C7H17FSi/c1-5-6-7(2)9(3,4)8/h7H,5-6H2,1-4H3. The van der Waals surface area contributed by atoms with Gasteiger partial charge in [0.1, 0.15) is 0 Å². The predicted molar refractivity (Wildman–Crippen MR) is 42.9 cm³/mol. The van der Waals surface area contributed by atoms with Crippen molar-refractivity contribution in [1.29, 1.82) is 0 Å². The van der Waals surface area contributed by atoms with Crippen LogP contribution in [0.25, 0.3) is 0 Å². The van der Waals surface area contributed by atoms with Crippen molar-refractivity contribution in [2.24, 2.45) is 0 Å². The molecule has 0 aliphatic carbocycles. The normalized spacial score (nSPS) is 15.7. The van der Waals surface area contributed by atoms with Crippen LogP contribution < -0.4 is 0 Å². The average Bonchev–Trinajstić information content (AvgIpc) is 1.64. The first-order valence-corrected chi connectivity index (χ1v) is 6.63. The van der Waals surface area contributed by atoms with E-state index in [9.17, 15) is 4.11 Å². The molecule has 0 aliphatic heterocycles. The third-order valence-electron chi connectivity index (χ3n) is 1.89. The molecule has 0 aromatic heterocycles. The molecule has 0 radical (unpaired) electrons. The number of hydrogen-bond acceptors (Lipinski definition) is 0. The van der Waals surface area contributed by atoms with Crippen LogP contribution in [0.15, 0.2) is 0 Å². The summed E-state index contributed by atoms with van der Waals surface area (Å²) >= 11 is 0. The molecular formula is C7H17FSi. The number of halogens is 1.